The van der Waals surface area contributed by atoms with E-state index in [4.69, 9.17) is 5.73 Å². The summed E-state index contributed by atoms with van der Waals surface area (Å²) in [6.07, 6.45) is 3.89. The molecule has 1 aliphatic carbocycles. The van der Waals surface area contributed by atoms with Crippen LogP contribution in [0.5, 0.6) is 0 Å². The molecule has 1 aromatic carbocycles. The van der Waals surface area contributed by atoms with Gasteiger partial charge in [-0.05, 0) is 25.3 Å². The second kappa shape index (κ2) is 4.79. The van der Waals surface area contributed by atoms with E-state index in [1.165, 1.54) is 36.1 Å². The molecule has 1 unspecified atom stereocenters. The van der Waals surface area contributed by atoms with Crippen LogP contribution in [-0.4, -0.2) is 12.8 Å². The molecular formula is C14H20N2. The summed E-state index contributed by atoms with van der Waals surface area (Å²) in [5.74, 6) is 0.657. The summed E-state index contributed by atoms with van der Waals surface area (Å²) in [6, 6.07) is 8.47. The molecule has 1 aliphatic rings. The Morgan fingerprint density at radius 2 is 2.06 bits per heavy atom. The molecule has 0 spiro atoms. The maximum atomic E-state index is 6.01. The molecule has 0 radical (unpaired) electrons. The van der Waals surface area contributed by atoms with E-state index in [9.17, 15) is 0 Å². The van der Waals surface area contributed by atoms with Gasteiger partial charge >= 0.3 is 0 Å². The first kappa shape index (κ1) is 11.3. The lowest BCUT2D eigenvalue weighted by Gasteiger charge is -2.28. The van der Waals surface area contributed by atoms with Crippen LogP contribution in [0.1, 0.15) is 43.4 Å². The molecule has 2 N–H and O–H groups in total. The van der Waals surface area contributed by atoms with Crippen molar-refractivity contribution < 1.29 is 0 Å². The molecule has 1 saturated carbocycles. The molecule has 1 fully saturated rings. The molecule has 0 aliphatic heterocycles. The number of aliphatic imine (C=N–C) groups is 1. The van der Waals surface area contributed by atoms with Gasteiger partial charge in [0.05, 0.1) is 0 Å². The largest absolute Gasteiger partial charge is 0.324 e. The Labute approximate surface area is 97.6 Å². The first-order valence-electron chi connectivity index (χ1n) is 6.05. The number of rotatable bonds is 3. The molecular weight excluding hydrogens is 196 g/mol. The summed E-state index contributed by atoms with van der Waals surface area (Å²) in [5, 5.41) is 0. The molecule has 2 heteroatoms. The van der Waals surface area contributed by atoms with E-state index in [0.717, 1.165) is 0 Å². The van der Waals surface area contributed by atoms with Crippen molar-refractivity contribution in [3.05, 3.63) is 35.4 Å². The van der Waals surface area contributed by atoms with Gasteiger partial charge in [-0.2, -0.15) is 0 Å². The SMILES string of the molecule is CN=C(c1ccccc1C(C)N)C1CCC1. The van der Waals surface area contributed by atoms with Crippen LogP contribution < -0.4 is 5.73 Å². The van der Waals surface area contributed by atoms with Crippen molar-refractivity contribution in [3.63, 3.8) is 0 Å². The average Bonchev–Trinajstić information content (AvgIpc) is 2.23. The molecule has 0 bridgehead atoms. The predicted octanol–water partition coefficient (Wildman–Crippen LogP) is 2.93. The minimum atomic E-state index is 0.0769. The molecule has 1 atom stereocenters. The number of nitrogens with zero attached hydrogens (tertiary/aromatic N) is 1. The molecule has 2 rings (SSSR count). The highest BCUT2D eigenvalue weighted by atomic mass is 14.7. The summed E-state index contributed by atoms with van der Waals surface area (Å²) >= 11 is 0. The summed E-state index contributed by atoms with van der Waals surface area (Å²) < 4.78 is 0. The van der Waals surface area contributed by atoms with E-state index in [2.05, 4.69) is 29.3 Å². The normalized spacial score (nSPS) is 19.3. The van der Waals surface area contributed by atoms with E-state index in [0.29, 0.717) is 5.92 Å². The number of nitrogens with two attached hydrogens (primary N) is 1. The zero-order chi connectivity index (χ0) is 11.5. The minimum absolute atomic E-state index is 0.0769. The highest BCUT2D eigenvalue weighted by molar-refractivity contribution is 6.03. The standard InChI is InChI=1S/C14H20N2/c1-10(15)12-8-3-4-9-13(12)14(16-2)11-6-5-7-11/h3-4,8-11H,5-7,15H2,1-2H3. The Morgan fingerprint density at radius 1 is 1.38 bits per heavy atom. The minimum Gasteiger partial charge on any atom is -0.324 e. The van der Waals surface area contributed by atoms with Crippen molar-refractivity contribution in [1.29, 1.82) is 0 Å². The molecule has 86 valence electrons. The lowest BCUT2D eigenvalue weighted by molar-refractivity contribution is 0.413. The Hall–Kier alpha value is -1.15. The third-order valence-corrected chi connectivity index (χ3v) is 3.46. The number of hydrogen-bond donors (Lipinski definition) is 1. The van der Waals surface area contributed by atoms with Gasteiger partial charge in [0.15, 0.2) is 0 Å². The first-order valence-corrected chi connectivity index (χ1v) is 6.05. The summed E-state index contributed by atoms with van der Waals surface area (Å²) in [6.45, 7) is 2.03. The predicted molar refractivity (Wildman–Crippen MR) is 68.8 cm³/mol. The van der Waals surface area contributed by atoms with Crippen LogP contribution in [0, 0.1) is 5.92 Å². The first-order chi connectivity index (χ1) is 7.74. The maximum absolute atomic E-state index is 6.01. The van der Waals surface area contributed by atoms with Crippen LogP contribution >= 0.6 is 0 Å². The Bertz CT molecular complexity index is 389. The van der Waals surface area contributed by atoms with Gasteiger partial charge in [0, 0.05) is 30.3 Å². The highest BCUT2D eigenvalue weighted by Crippen LogP contribution is 2.32. The highest BCUT2D eigenvalue weighted by Gasteiger charge is 2.25. The number of hydrogen-bond acceptors (Lipinski definition) is 2. The second-order valence-electron chi connectivity index (χ2n) is 4.61. The fraction of sp³-hybridized carbons (Fsp3) is 0.500. The zero-order valence-electron chi connectivity index (χ0n) is 10.1. The van der Waals surface area contributed by atoms with E-state index in [1.54, 1.807) is 0 Å². The van der Waals surface area contributed by atoms with Gasteiger partial charge in [0.2, 0.25) is 0 Å². The van der Waals surface area contributed by atoms with Crippen LogP contribution in [-0.2, 0) is 0 Å². The second-order valence-corrected chi connectivity index (χ2v) is 4.61. The summed E-state index contributed by atoms with van der Waals surface area (Å²) in [5.41, 5.74) is 9.73. The maximum Gasteiger partial charge on any atom is 0.0451 e. The van der Waals surface area contributed by atoms with Gasteiger partial charge in [-0.1, -0.05) is 30.7 Å². The third-order valence-electron chi connectivity index (χ3n) is 3.46. The Kier molecular flexibility index (Phi) is 3.39. The lowest BCUT2D eigenvalue weighted by atomic mass is 9.78. The molecule has 0 saturated heterocycles. The van der Waals surface area contributed by atoms with Gasteiger partial charge < -0.3 is 5.73 Å². The van der Waals surface area contributed by atoms with Gasteiger partial charge in [-0.25, -0.2) is 0 Å². The fourth-order valence-electron chi connectivity index (χ4n) is 2.33. The van der Waals surface area contributed by atoms with Gasteiger partial charge in [-0.15, -0.1) is 0 Å². The molecule has 16 heavy (non-hydrogen) atoms. The average molecular weight is 216 g/mol. The number of benzene rings is 1. The van der Waals surface area contributed by atoms with Crippen LogP contribution in [0.15, 0.2) is 29.3 Å². The van der Waals surface area contributed by atoms with Crippen molar-refractivity contribution in [1.82, 2.24) is 0 Å². The fourth-order valence-corrected chi connectivity index (χ4v) is 2.33. The zero-order valence-corrected chi connectivity index (χ0v) is 10.1. The van der Waals surface area contributed by atoms with Gasteiger partial charge in [0.25, 0.3) is 0 Å². The van der Waals surface area contributed by atoms with E-state index >= 15 is 0 Å². The monoisotopic (exact) mass is 216 g/mol. The van der Waals surface area contributed by atoms with E-state index in [1.807, 2.05) is 14.0 Å². The van der Waals surface area contributed by atoms with Crippen LogP contribution in [0.3, 0.4) is 0 Å². The lowest BCUT2D eigenvalue weighted by Crippen LogP contribution is -2.25. The topological polar surface area (TPSA) is 38.4 Å². The molecule has 0 heterocycles. The van der Waals surface area contributed by atoms with Crippen molar-refractivity contribution in [3.8, 4) is 0 Å². The molecule has 2 nitrogen and oxygen atoms in total. The van der Waals surface area contributed by atoms with Gasteiger partial charge in [0.1, 0.15) is 0 Å². The smallest absolute Gasteiger partial charge is 0.0451 e. The van der Waals surface area contributed by atoms with Gasteiger partial charge in [-0.3, -0.25) is 4.99 Å². The van der Waals surface area contributed by atoms with Crippen molar-refractivity contribution >= 4 is 5.71 Å². The Morgan fingerprint density at radius 3 is 2.56 bits per heavy atom. The molecule has 1 aromatic rings. The van der Waals surface area contributed by atoms with Crippen LogP contribution in [0.25, 0.3) is 0 Å². The van der Waals surface area contributed by atoms with Crippen LogP contribution in [0.4, 0.5) is 0 Å². The van der Waals surface area contributed by atoms with Crippen molar-refractivity contribution in [2.45, 2.75) is 32.2 Å². The summed E-state index contributed by atoms with van der Waals surface area (Å²) in [4.78, 5) is 4.48. The summed E-state index contributed by atoms with van der Waals surface area (Å²) in [7, 11) is 1.89. The molecule has 0 amide bonds. The Balaban J connectivity index is 2.37. The quantitative estimate of drug-likeness (QED) is 0.775. The van der Waals surface area contributed by atoms with E-state index < -0.39 is 0 Å². The molecule has 0 aromatic heterocycles. The third kappa shape index (κ3) is 2.03. The van der Waals surface area contributed by atoms with Crippen LogP contribution in [0.2, 0.25) is 0 Å². The van der Waals surface area contributed by atoms with Crippen molar-refractivity contribution in [2.24, 2.45) is 16.6 Å². The van der Waals surface area contributed by atoms with E-state index in [-0.39, 0.29) is 6.04 Å². The van der Waals surface area contributed by atoms with Crippen molar-refractivity contribution in [2.75, 3.05) is 7.05 Å².